The van der Waals surface area contributed by atoms with Gasteiger partial charge in [0.1, 0.15) is 10.0 Å². The van der Waals surface area contributed by atoms with Crippen LogP contribution in [-0.2, 0) is 10.8 Å². The highest BCUT2D eigenvalue weighted by Crippen LogP contribution is 2.45. The summed E-state index contributed by atoms with van der Waals surface area (Å²) in [7, 11) is 0. The summed E-state index contributed by atoms with van der Waals surface area (Å²) in [4.78, 5) is 9.21. The van der Waals surface area contributed by atoms with Gasteiger partial charge in [0.05, 0.1) is 0 Å². The highest BCUT2D eigenvalue weighted by atomic mass is 32.1. The van der Waals surface area contributed by atoms with E-state index in [9.17, 15) is 0 Å². The van der Waals surface area contributed by atoms with Crippen molar-refractivity contribution in [2.45, 2.75) is 52.4 Å². The molecule has 2 heterocycles. The van der Waals surface area contributed by atoms with Gasteiger partial charge >= 0.3 is 0 Å². The summed E-state index contributed by atoms with van der Waals surface area (Å²) in [5.74, 6) is 0. The van der Waals surface area contributed by atoms with Crippen molar-refractivity contribution in [3.8, 4) is 21.1 Å². The summed E-state index contributed by atoms with van der Waals surface area (Å²) in [5, 5.41) is 8.94. The molecular formula is C24H26N2S2. The van der Waals surface area contributed by atoms with E-state index in [-0.39, 0.29) is 10.8 Å². The fourth-order valence-corrected chi connectivity index (χ4v) is 5.43. The van der Waals surface area contributed by atoms with Crippen LogP contribution in [0.15, 0.2) is 47.4 Å². The highest BCUT2D eigenvalue weighted by molar-refractivity contribution is 7.13. The van der Waals surface area contributed by atoms with Gasteiger partial charge in [-0.2, -0.15) is 0 Å². The molecular weight excluding hydrogens is 380 g/mol. The molecule has 0 bridgehead atoms. The number of fused-ring (bicyclic) bond motifs is 1. The Bertz CT molecular complexity index is 1020. The van der Waals surface area contributed by atoms with Crippen molar-refractivity contribution < 1.29 is 0 Å². The Morgan fingerprint density at radius 1 is 0.607 bits per heavy atom. The van der Waals surface area contributed by atoms with Crippen LogP contribution in [0.2, 0.25) is 0 Å². The van der Waals surface area contributed by atoms with Crippen LogP contribution in [0.5, 0.6) is 0 Å². The third-order valence-corrected chi connectivity index (χ3v) is 6.64. The summed E-state index contributed by atoms with van der Waals surface area (Å²) in [6.07, 6.45) is 3.78. The van der Waals surface area contributed by atoms with E-state index in [1.807, 2.05) is 12.4 Å². The van der Waals surface area contributed by atoms with E-state index >= 15 is 0 Å². The van der Waals surface area contributed by atoms with E-state index in [1.165, 1.54) is 33.0 Å². The molecule has 0 aliphatic carbocycles. The second kappa shape index (κ2) is 6.78. The Morgan fingerprint density at radius 2 is 1.00 bits per heavy atom. The molecule has 0 aliphatic rings. The molecule has 0 fully saturated rings. The van der Waals surface area contributed by atoms with Crippen molar-refractivity contribution in [2.75, 3.05) is 0 Å². The van der Waals surface area contributed by atoms with Crippen LogP contribution in [0.3, 0.4) is 0 Å². The topological polar surface area (TPSA) is 25.8 Å². The van der Waals surface area contributed by atoms with Crippen molar-refractivity contribution in [1.82, 2.24) is 9.97 Å². The van der Waals surface area contributed by atoms with E-state index in [1.54, 1.807) is 22.7 Å². The molecule has 0 saturated carbocycles. The number of hydrogen-bond donors (Lipinski definition) is 0. The van der Waals surface area contributed by atoms with Crippen LogP contribution in [0.25, 0.3) is 31.9 Å². The van der Waals surface area contributed by atoms with Gasteiger partial charge in [-0.1, -0.05) is 65.8 Å². The van der Waals surface area contributed by atoms with Gasteiger partial charge in [-0.25, -0.2) is 9.97 Å². The fraction of sp³-hybridized carbons (Fsp3) is 0.333. The molecule has 0 radical (unpaired) electrons. The molecule has 28 heavy (non-hydrogen) atoms. The molecule has 144 valence electrons. The predicted octanol–water partition coefficient (Wildman–Crippen LogP) is 7.68. The van der Waals surface area contributed by atoms with Crippen LogP contribution in [-0.4, -0.2) is 9.97 Å². The lowest BCUT2D eigenvalue weighted by Crippen LogP contribution is -2.17. The molecule has 0 amide bonds. The van der Waals surface area contributed by atoms with Crippen molar-refractivity contribution >= 4 is 33.4 Å². The van der Waals surface area contributed by atoms with Gasteiger partial charge < -0.3 is 0 Å². The van der Waals surface area contributed by atoms with Gasteiger partial charge in [-0.15, -0.1) is 22.7 Å². The van der Waals surface area contributed by atoms with E-state index in [2.05, 4.69) is 86.5 Å². The summed E-state index contributed by atoms with van der Waals surface area (Å²) >= 11 is 3.41. The van der Waals surface area contributed by atoms with Crippen LogP contribution >= 0.6 is 22.7 Å². The van der Waals surface area contributed by atoms with E-state index < -0.39 is 0 Å². The van der Waals surface area contributed by atoms with Gasteiger partial charge in [0.15, 0.2) is 0 Å². The lowest BCUT2D eigenvalue weighted by atomic mass is 9.75. The maximum Gasteiger partial charge on any atom is 0.123 e. The van der Waals surface area contributed by atoms with Crippen molar-refractivity contribution in [1.29, 1.82) is 0 Å². The molecule has 4 aromatic rings. The Balaban J connectivity index is 2.13. The number of thiazole rings is 2. The minimum absolute atomic E-state index is 0.0123. The second-order valence-corrected chi connectivity index (χ2v) is 11.0. The molecule has 0 N–H and O–H groups in total. The molecule has 0 saturated heterocycles. The van der Waals surface area contributed by atoms with Crippen molar-refractivity contribution in [2.24, 2.45) is 0 Å². The van der Waals surface area contributed by atoms with Crippen molar-refractivity contribution in [3.63, 3.8) is 0 Å². The summed E-state index contributed by atoms with van der Waals surface area (Å²) < 4.78 is 0. The third-order valence-electron chi connectivity index (χ3n) is 5.03. The number of hydrogen-bond acceptors (Lipinski definition) is 4. The largest absolute Gasteiger partial charge is 0.245 e. The van der Waals surface area contributed by atoms with E-state index in [4.69, 9.17) is 0 Å². The standard InChI is InChI=1S/C24H26N2S2/c1-23(2,3)19-15-7-10-18(22-26-12-14-28-22)20(24(4,5)6)16(15)8-9-17(19)21-25-11-13-27-21/h7-14H,1-6H3. The first kappa shape index (κ1) is 19.3. The van der Waals surface area contributed by atoms with Crippen LogP contribution < -0.4 is 0 Å². The Labute approximate surface area is 175 Å². The molecule has 0 unspecified atom stereocenters. The van der Waals surface area contributed by atoms with Crippen LogP contribution in [0.1, 0.15) is 52.7 Å². The maximum atomic E-state index is 4.61. The monoisotopic (exact) mass is 406 g/mol. The molecule has 0 aliphatic heterocycles. The minimum Gasteiger partial charge on any atom is -0.245 e. The molecule has 0 spiro atoms. The van der Waals surface area contributed by atoms with Gasteiger partial charge in [0, 0.05) is 34.3 Å². The Kier molecular flexibility index (Phi) is 4.67. The molecule has 4 heteroatoms. The first-order valence-electron chi connectivity index (χ1n) is 9.58. The molecule has 2 aromatic heterocycles. The third kappa shape index (κ3) is 3.29. The second-order valence-electron chi connectivity index (χ2n) is 9.25. The number of aromatic nitrogens is 2. The zero-order valence-electron chi connectivity index (χ0n) is 17.3. The SMILES string of the molecule is CC(C)(C)c1c(-c2nccs2)ccc2c(C(C)(C)C)c(-c3nccs3)ccc12. The fourth-order valence-electron chi connectivity index (χ4n) is 4.09. The van der Waals surface area contributed by atoms with E-state index in [0.29, 0.717) is 0 Å². The zero-order valence-corrected chi connectivity index (χ0v) is 19.0. The molecule has 2 nitrogen and oxygen atoms in total. The smallest absolute Gasteiger partial charge is 0.123 e. The molecule has 0 atom stereocenters. The molecule has 4 rings (SSSR count). The molecule has 2 aromatic carbocycles. The minimum atomic E-state index is 0.0123. The van der Waals surface area contributed by atoms with Crippen LogP contribution in [0, 0.1) is 0 Å². The van der Waals surface area contributed by atoms with Crippen molar-refractivity contribution in [3.05, 3.63) is 58.5 Å². The highest BCUT2D eigenvalue weighted by Gasteiger charge is 2.28. The average molecular weight is 407 g/mol. The predicted molar refractivity (Wildman–Crippen MR) is 124 cm³/mol. The lowest BCUT2D eigenvalue weighted by molar-refractivity contribution is 0.592. The van der Waals surface area contributed by atoms with Gasteiger partial charge in [0.2, 0.25) is 0 Å². The van der Waals surface area contributed by atoms with Gasteiger partial charge in [-0.3, -0.25) is 0 Å². The normalized spacial score (nSPS) is 12.6. The van der Waals surface area contributed by atoms with E-state index in [0.717, 1.165) is 10.0 Å². The summed E-state index contributed by atoms with van der Waals surface area (Å²) in [6, 6.07) is 9.11. The number of benzene rings is 2. The Hall–Kier alpha value is -2.04. The first-order chi connectivity index (χ1) is 13.2. The zero-order chi connectivity index (χ0) is 20.1. The van der Waals surface area contributed by atoms with Gasteiger partial charge in [-0.05, 0) is 32.7 Å². The Morgan fingerprint density at radius 3 is 1.29 bits per heavy atom. The quantitative estimate of drug-likeness (QED) is 0.341. The number of rotatable bonds is 2. The van der Waals surface area contributed by atoms with Crippen LogP contribution in [0.4, 0.5) is 0 Å². The lowest BCUT2D eigenvalue weighted by Gasteiger charge is -2.29. The maximum absolute atomic E-state index is 4.61. The summed E-state index contributed by atoms with van der Waals surface area (Å²) in [5.41, 5.74) is 5.26. The number of nitrogens with zero attached hydrogens (tertiary/aromatic N) is 2. The average Bonchev–Trinajstić information content (AvgIpc) is 3.31. The first-order valence-corrected chi connectivity index (χ1v) is 11.3. The summed E-state index contributed by atoms with van der Waals surface area (Å²) in [6.45, 7) is 13.8. The van der Waals surface area contributed by atoms with Gasteiger partial charge in [0.25, 0.3) is 0 Å².